The van der Waals surface area contributed by atoms with Crippen LogP contribution in [0.25, 0.3) is 0 Å². The molecule has 0 amide bonds. The quantitative estimate of drug-likeness (QED) is 0.587. The first kappa shape index (κ1) is 18.9. The molecule has 1 heterocycles. The van der Waals surface area contributed by atoms with E-state index in [0.29, 0.717) is 18.3 Å². The van der Waals surface area contributed by atoms with Gasteiger partial charge in [-0.3, -0.25) is 0 Å². The Morgan fingerprint density at radius 2 is 1.93 bits per heavy atom. The second-order valence-electron chi connectivity index (χ2n) is 6.29. The summed E-state index contributed by atoms with van der Waals surface area (Å²) in [7, 11) is 0. The van der Waals surface area contributed by atoms with Gasteiger partial charge >= 0.3 is 0 Å². The minimum absolute atomic E-state index is 0.149. The Bertz CT molecular complexity index is 870. The minimum Gasteiger partial charge on any atom is -0.491 e. The molecule has 3 rings (SSSR count). The first-order chi connectivity index (χ1) is 13.1. The maximum absolute atomic E-state index is 6.00. The van der Waals surface area contributed by atoms with E-state index in [1.165, 1.54) is 0 Å². The van der Waals surface area contributed by atoms with E-state index < -0.39 is 0 Å². The lowest BCUT2D eigenvalue weighted by Gasteiger charge is -2.11. The number of hydrogen-bond donors (Lipinski definition) is 2. The maximum Gasteiger partial charge on any atom is 0.244 e. The van der Waals surface area contributed by atoms with Crippen molar-refractivity contribution in [3.05, 3.63) is 65.3 Å². The zero-order valence-corrected chi connectivity index (χ0v) is 16.1. The standard InChI is InChI=1S/C20H22ClN5O/c1-14(2)27-18-8-6-17(7-9-18)24-19-13-23-26-20(25-19)22-11-10-15-4-3-5-16(21)12-15/h3-9,12-14H,10-11H2,1-2H3,(H2,22,24,25,26). The largest absolute Gasteiger partial charge is 0.491 e. The van der Waals surface area contributed by atoms with Gasteiger partial charge in [0.2, 0.25) is 5.95 Å². The molecule has 1 aromatic heterocycles. The van der Waals surface area contributed by atoms with Crippen molar-refractivity contribution in [2.75, 3.05) is 17.2 Å². The Morgan fingerprint density at radius 1 is 1.11 bits per heavy atom. The van der Waals surface area contributed by atoms with E-state index in [9.17, 15) is 0 Å². The Morgan fingerprint density at radius 3 is 2.67 bits per heavy atom. The summed E-state index contributed by atoms with van der Waals surface area (Å²) in [6.07, 6.45) is 2.55. The normalized spacial score (nSPS) is 10.7. The number of nitrogens with one attached hydrogen (secondary N) is 2. The summed E-state index contributed by atoms with van der Waals surface area (Å²) in [4.78, 5) is 4.43. The van der Waals surface area contributed by atoms with Gasteiger partial charge in [0.15, 0.2) is 5.82 Å². The van der Waals surface area contributed by atoms with Crippen LogP contribution in [0.4, 0.5) is 17.5 Å². The van der Waals surface area contributed by atoms with Crippen LogP contribution in [0.5, 0.6) is 5.75 Å². The van der Waals surface area contributed by atoms with E-state index in [-0.39, 0.29) is 6.10 Å². The molecule has 0 spiro atoms. The molecule has 27 heavy (non-hydrogen) atoms. The van der Waals surface area contributed by atoms with Gasteiger partial charge in [-0.15, -0.1) is 5.10 Å². The topological polar surface area (TPSA) is 72.0 Å². The highest BCUT2D eigenvalue weighted by atomic mass is 35.5. The molecular formula is C20H22ClN5O. The molecule has 3 aromatic rings. The molecule has 6 nitrogen and oxygen atoms in total. The van der Waals surface area contributed by atoms with E-state index >= 15 is 0 Å². The van der Waals surface area contributed by atoms with Gasteiger partial charge in [-0.25, -0.2) is 0 Å². The van der Waals surface area contributed by atoms with Crippen molar-refractivity contribution in [3.8, 4) is 5.75 Å². The smallest absolute Gasteiger partial charge is 0.244 e. The Balaban J connectivity index is 1.55. The number of ether oxygens (including phenoxy) is 1. The fraction of sp³-hybridized carbons (Fsp3) is 0.250. The predicted molar refractivity (Wildman–Crippen MR) is 109 cm³/mol. The third-order valence-electron chi connectivity index (χ3n) is 3.64. The summed E-state index contributed by atoms with van der Waals surface area (Å²) in [5.74, 6) is 1.93. The number of rotatable bonds is 8. The van der Waals surface area contributed by atoms with Crippen LogP contribution in [-0.2, 0) is 6.42 Å². The highest BCUT2D eigenvalue weighted by molar-refractivity contribution is 6.30. The molecule has 0 fully saturated rings. The molecular weight excluding hydrogens is 362 g/mol. The van der Waals surface area contributed by atoms with Gasteiger partial charge in [0.05, 0.1) is 12.3 Å². The lowest BCUT2D eigenvalue weighted by atomic mass is 10.1. The molecule has 0 saturated heterocycles. The molecule has 140 valence electrons. The summed E-state index contributed by atoms with van der Waals surface area (Å²) in [5, 5.41) is 15.1. The Labute approximate surface area is 164 Å². The molecule has 7 heteroatoms. The van der Waals surface area contributed by atoms with Gasteiger partial charge < -0.3 is 15.4 Å². The summed E-state index contributed by atoms with van der Waals surface area (Å²) in [6.45, 7) is 4.69. The summed E-state index contributed by atoms with van der Waals surface area (Å²) >= 11 is 6.00. The third kappa shape index (κ3) is 6.11. The van der Waals surface area contributed by atoms with Crippen molar-refractivity contribution in [3.63, 3.8) is 0 Å². The molecule has 0 aliphatic carbocycles. The van der Waals surface area contributed by atoms with Crippen LogP contribution in [-0.4, -0.2) is 27.8 Å². The Hall–Kier alpha value is -2.86. The van der Waals surface area contributed by atoms with Crippen molar-refractivity contribution in [2.24, 2.45) is 0 Å². The van der Waals surface area contributed by atoms with Gasteiger partial charge in [-0.2, -0.15) is 10.1 Å². The predicted octanol–water partition coefficient (Wildman–Crippen LogP) is 4.71. The van der Waals surface area contributed by atoms with Crippen LogP contribution in [0.2, 0.25) is 5.02 Å². The second kappa shape index (κ2) is 9.19. The molecule has 2 N–H and O–H groups in total. The second-order valence-corrected chi connectivity index (χ2v) is 6.72. The fourth-order valence-electron chi connectivity index (χ4n) is 2.49. The van der Waals surface area contributed by atoms with E-state index in [1.54, 1.807) is 6.20 Å². The van der Waals surface area contributed by atoms with Crippen molar-refractivity contribution in [1.29, 1.82) is 0 Å². The van der Waals surface area contributed by atoms with Gasteiger partial charge in [0, 0.05) is 17.3 Å². The summed E-state index contributed by atoms with van der Waals surface area (Å²) < 4.78 is 5.64. The van der Waals surface area contributed by atoms with Crippen molar-refractivity contribution >= 4 is 29.1 Å². The van der Waals surface area contributed by atoms with Crippen LogP contribution >= 0.6 is 11.6 Å². The zero-order chi connectivity index (χ0) is 19.1. The van der Waals surface area contributed by atoms with Crippen LogP contribution in [0.1, 0.15) is 19.4 Å². The molecule has 0 radical (unpaired) electrons. The third-order valence-corrected chi connectivity index (χ3v) is 3.88. The molecule has 0 atom stereocenters. The minimum atomic E-state index is 0.149. The lowest BCUT2D eigenvalue weighted by Crippen LogP contribution is -2.09. The van der Waals surface area contributed by atoms with Gasteiger partial charge in [-0.05, 0) is 62.2 Å². The van der Waals surface area contributed by atoms with Crippen LogP contribution in [0.15, 0.2) is 54.7 Å². The molecule has 0 aliphatic heterocycles. The number of aromatic nitrogens is 3. The maximum atomic E-state index is 6.00. The van der Waals surface area contributed by atoms with Crippen molar-refractivity contribution < 1.29 is 4.74 Å². The average molecular weight is 384 g/mol. The van der Waals surface area contributed by atoms with Crippen LogP contribution < -0.4 is 15.4 Å². The highest BCUT2D eigenvalue weighted by Gasteiger charge is 2.03. The number of halogens is 1. The van der Waals surface area contributed by atoms with Gasteiger partial charge in [0.1, 0.15) is 5.75 Å². The lowest BCUT2D eigenvalue weighted by molar-refractivity contribution is 0.242. The van der Waals surface area contributed by atoms with Crippen LogP contribution in [0.3, 0.4) is 0 Å². The zero-order valence-electron chi connectivity index (χ0n) is 15.3. The number of nitrogens with zero attached hydrogens (tertiary/aromatic N) is 3. The van der Waals surface area contributed by atoms with E-state index in [0.717, 1.165) is 28.4 Å². The first-order valence-electron chi connectivity index (χ1n) is 8.80. The average Bonchev–Trinajstić information content (AvgIpc) is 2.63. The van der Waals surface area contributed by atoms with Gasteiger partial charge in [0.25, 0.3) is 0 Å². The molecule has 0 bridgehead atoms. The van der Waals surface area contributed by atoms with E-state index in [1.807, 2.05) is 62.4 Å². The Kier molecular flexibility index (Phi) is 6.44. The number of hydrogen-bond acceptors (Lipinski definition) is 6. The highest BCUT2D eigenvalue weighted by Crippen LogP contribution is 2.20. The SMILES string of the molecule is CC(C)Oc1ccc(Nc2cnnc(NCCc3cccc(Cl)c3)n2)cc1. The summed E-state index contributed by atoms with van der Waals surface area (Å²) in [5.41, 5.74) is 2.05. The van der Waals surface area contributed by atoms with Crippen molar-refractivity contribution in [1.82, 2.24) is 15.2 Å². The van der Waals surface area contributed by atoms with Gasteiger partial charge in [-0.1, -0.05) is 23.7 Å². The monoisotopic (exact) mass is 383 g/mol. The van der Waals surface area contributed by atoms with E-state index in [2.05, 4.69) is 25.8 Å². The summed E-state index contributed by atoms with van der Waals surface area (Å²) in [6, 6.07) is 15.5. The van der Waals surface area contributed by atoms with Crippen molar-refractivity contribution in [2.45, 2.75) is 26.4 Å². The fourth-order valence-corrected chi connectivity index (χ4v) is 2.70. The van der Waals surface area contributed by atoms with Crippen LogP contribution in [0, 0.1) is 0 Å². The molecule has 2 aromatic carbocycles. The first-order valence-corrected chi connectivity index (χ1v) is 9.18. The molecule has 0 unspecified atom stereocenters. The number of anilines is 3. The number of benzene rings is 2. The van der Waals surface area contributed by atoms with E-state index in [4.69, 9.17) is 16.3 Å². The molecule has 0 saturated carbocycles. The molecule has 0 aliphatic rings.